The molecule has 220 valence electrons. The Balaban J connectivity index is 1.69. The van der Waals surface area contributed by atoms with Crippen molar-refractivity contribution in [3.8, 4) is 0 Å². The van der Waals surface area contributed by atoms with E-state index in [1.54, 1.807) is 0 Å². The van der Waals surface area contributed by atoms with Crippen molar-refractivity contribution in [3.05, 3.63) is 40.3 Å². The molecule has 4 atom stereocenters. The number of piperidine rings is 1. The van der Waals surface area contributed by atoms with Crippen molar-refractivity contribution < 1.29 is 14.7 Å². The number of benzene rings is 1. The van der Waals surface area contributed by atoms with Gasteiger partial charge in [-0.3, -0.25) is 14.5 Å². The quantitative estimate of drug-likeness (QED) is 0.237. The van der Waals surface area contributed by atoms with Crippen molar-refractivity contribution >= 4 is 22.7 Å². The standard InChI is InChI=1S/C32H48N4O4/c1-5-10-23-12-9-13-25(20-23)35-19-18-26(21-24(35)11-6-2)36-29-15-8-7-14-27(29)33-31(32(36)39)28(16-17-30(37)38)34-40-22(3)4/h7-8,14-15,22-26H,5-6,9-13,16-21H2,1-4H3,(H,37,38)/b34-28+/t23-,24+,25-,26+/m0/s1. The number of likely N-dealkylation sites (tertiary alicyclic amines) is 1. The van der Waals surface area contributed by atoms with Crippen LogP contribution >= 0.6 is 0 Å². The van der Waals surface area contributed by atoms with Crippen LogP contribution in [0.2, 0.25) is 0 Å². The van der Waals surface area contributed by atoms with E-state index >= 15 is 0 Å². The number of oxime groups is 1. The van der Waals surface area contributed by atoms with Crippen LogP contribution in [-0.2, 0) is 9.63 Å². The summed E-state index contributed by atoms with van der Waals surface area (Å²) in [5.74, 6) is -0.105. The van der Waals surface area contributed by atoms with E-state index in [4.69, 9.17) is 9.82 Å². The number of hydrogen-bond acceptors (Lipinski definition) is 6. The number of para-hydroxylation sites is 2. The molecule has 8 nitrogen and oxygen atoms in total. The zero-order chi connectivity index (χ0) is 28.6. The van der Waals surface area contributed by atoms with Crippen molar-refractivity contribution in [2.24, 2.45) is 11.1 Å². The van der Waals surface area contributed by atoms with Crippen LogP contribution in [0.3, 0.4) is 0 Å². The summed E-state index contributed by atoms with van der Waals surface area (Å²) in [5, 5.41) is 13.6. The van der Waals surface area contributed by atoms with Gasteiger partial charge in [-0.15, -0.1) is 0 Å². The third kappa shape index (κ3) is 7.31. The molecule has 8 heteroatoms. The highest BCUT2D eigenvalue weighted by atomic mass is 16.6. The highest BCUT2D eigenvalue weighted by molar-refractivity contribution is 6.00. The lowest BCUT2D eigenvalue weighted by Crippen LogP contribution is -2.51. The lowest BCUT2D eigenvalue weighted by atomic mass is 9.80. The van der Waals surface area contributed by atoms with Gasteiger partial charge in [0.25, 0.3) is 5.56 Å². The second kappa shape index (κ2) is 14.2. The van der Waals surface area contributed by atoms with Gasteiger partial charge < -0.3 is 14.5 Å². The maximum absolute atomic E-state index is 14.2. The minimum atomic E-state index is -0.947. The van der Waals surface area contributed by atoms with Crippen molar-refractivity contribution in [1.29, 1.82) is 0 Å². The Morgan fingerprint density at radius 3 is 2.58 bits per heavy atom. The number of hydrogen-bond donors (Lipinski definition) is 1. The zero-order valence-corrected chi connectivity index (χ0v) is 24.8. The second-order valence-electron chi connectivity index (χ2n) is 12.0. The van der Waals surface area contributed by atoms with Crippen molar-refractivity contribution in [3.63, 3.8) is 0 Å². The van der Waals surface area contributed by atoms with Gasteiger partial charge in [0.1, 0.15) is 11.8 Å². The van der Waals surface area contributed by atoms with Crippen molar-refractivity contribution in [1.82, 2.24) is 14.5 Å². The lowest BCUT2D eigenvalue weighted by Gasteiger charge is -2.47. The molecule has 40 heavy (non-hydrogen) atoms. The van der Waals surface area contributed by atoms with Crippen LogP contribution in [-0.4, -0.2) is 56.0 Å². The summed E-state index contributed by atoms with van der Waals surface area (Å²) >= 11 is 0. The topological polar surface area (TPSA) is 97.0 Å². The molecule has 1 saturated heterocycles. The zero-order valence-electron chi connectivity index (χ0n) is 24.8. The van der Waals surface area contributed by atoms with Gasteiger partial charge in [0, 0.05) is 31.1 Å². The normalized spacial score (nSPS) is 24.5. The Kier molecular flexibility index (Phi) is 10.8. The van der Waals surface area contributed by atoms with Crippen LogP contribution in [0, 0.1) is 5.92 Å². The van der Waals surface area contributed by atoms with Crippen LogP contribution in [0.25, 0.3) is 11.0 Å². The van der Waals surface area contributed by atoms with Crippen LogP contribution in [0.1, 0.15) is 116 Å². The molecule has 1 aromatic carbocycles. The van der Waals surface area contributed by atoms with Crippen LogP contribution in [0.5, 0.6) is 0 Å². The molecule has 0 spiro atoms. The molecule has 2 aromatic rings. The van der Waals surface area contributed by atoms with Crippen molar-refractivity contribution in [2.75, 3.05) is 6.54 Å². The third-order valence-corrected chi connectivity index (χ3v) is 8.66. The largest absolute Gasteiger partial charge is 0.481 e. The predicted octanol–water partition coefficient (Wildman–Crippen LogP) is 6.55. The summed E-state index contributed by atoms with van der Waals surface area (Å²) in [4.78, 5) is 38.6. The van der Waals surface area contributed by atoms with Crippen LogP contribution < -0.4 is 5.56 Å². The number of carbonyl (C=O) groups is 1. The van der Waals surface area contributed by atoms with Gasteiger partial charge in [-0.05, 0) is 64.0 Å². The molecule has 1 aromatic heterocycles. The lowest BCUT2D eigenvalue weighted by molar-refractivity contribution is -0.136. The van der Waals surface area contributed by atoms with Crippen molar-refractivity contribution in [2.45, 2.75) is 129 Å². The summed E-state index contributed by atoms with van der Waals surface area (Å²) in [6.45, 7) is 9.25. The highest BCUT2D eigenvalue weighted by Crippen LogP contribution is 2.37. The summed E-state index contributed by atoms with van der Waals surface area (Å²) in [6.07, 6.45) is 11.7. The van der Waals surface area contributed by atoms with Gasteiger partial charge in [0.15, 0.2) is 5.69 Å². The predicted molar refractivity (Wildman–Crippen MR) is 160 cm³/mol. The number of aromatic nitrogens is 2. The third-order valence-electron chi connectivity index (χ3n) is 8.66. The Morgan fingerprint density at radius 1 is 1.07 bits per heavy atom. The van der Waals surface area contributed by atoms with Crippen LogP contribution in [0.4, 0.5) is 0 Å². The minimum Gasteiger partial charge on any atom is -0.481 e. The van der Waals surface area contributed by atoms with E-state index in [0.717, 1.165) is 43.7 Å². The average molecular weight is 553 g/mol. The van der Waals surface area contributed by atoms with Crippen LogP contribution in [0.15, 0.2) is 34.2 Å². The first-order chi connectivity index (χ1) is 19.3. The molecule has 1 aliphatic heterocycles. The number of rotatable bonds is 12. The molecule has 2 aliphatic rings. The molecule has 0 radical (unpaired) electrons. The Hall–Kier alpha value is -2.74. The monoisotopic (exact) mass is 552 g/mol. The van der Waals surface area contributed by atoms with Gasteiger partial charge in [-0.2, -0.15) is 0 Å². The molecule has 1 N–H and O–H groups in total. The molecule has 0 bridgehead atoms. The number of fused-ring (bicyclic) bond motifs is 1. The molecular weight excluding hydrogens is 504 g/mol. The van der Waals surface area contributed by atoms with Gasteiger partial charge in [-0.1, -0.05) is 63.2 Å². The maximum Gasteiger partial charge on any atom is 0.303 e. The summed E-state index contributed by atoms with van der Waals surface area (Å²) in [6, 6.07) is 8.91. The first-order valence-corrected chi connectivity index (χ1v) is 15.5. The smallest absolute Gasteiger partial charge is 0.303 e. The van der Waals surface area contributed by atoms with Gasteiger partial charge >= 0.3 is 5.97 Å². The Morgan fingerprint density at radius 2 is 1.85 bits per heavy atom. The molecule has 0 unspecified atom stereocenters. The molecule has 2 fully saturated rings. The van der Waals surface area contributed by atoms with E-state index < -0.39 is 5.97 Å². The van der Waals surface area contributed by atoms with E-state index in [-0.39, 0.29) is 36.2 Å². The molecule has 1 aliphatic carbocycles. The minimum absolute atomic E-state index is 0.0497. The number of carboxylic acids is 1. The first-order valence-electron chi connectivity index (χ1n) is 15.5. The summed E-state index contributed by atoms with van der Waals surface area (Å²) in [7, 11) is 0. The number of nitrogens with zero attached hydrogens (tertiary/aromatic N) is 4. The number of aliphatic carboxylic acids is 1. The van der Waals surface area contributed by atoms with E-state index in [1.165, 1.54) is 38.5 Å². The molecular formula is C32H48N4O4. The number of carboxylic acid groups (broad SMARTS) is 1. The fraction of sp³-hybridized carbons (Fsp3) is 0.688. The fourth-order valence-corrected chi connectivity index (χ4v) is 6.92. The SMILES string of the molecule is CCC[C@H]1CCC[C@H](N2CC[C@@H](n3c(=O)c(/C(CCC(=O)O)=N/OC(C)C)nc4ccccc43)C[C@H]2CCC)C1. The average Bonchev–Trinajstić information content (AvgIpc) is 2.93. The molecule has 1 saturated carbocycles. The summed E-state index contributed by atoms with van der Waals surface area (Å²) < 4.78 is 1.93. The van der Waals surface area contributed by atoms with E-state index in [1.807, 2.05) is 42.7 Å². The first kappa shape index (κ1) is 30.2. The molecule has 2 heterocycles. The fourth-order valence-electron chi connectivity index (χ4n) is 6.92. The second-order valence-corrected chi connectivity index (χ2v) is 12.0. The summed E-state index contributed by atoms with van der Waals surface area (Å²) in [5.41, 5.74) is 1.84. The van der Waals surface area contributed by atoms with Gasteiger partial charge in [0.05, 0.1) is 17.5 Å². The molecule has 0 amide bonds. The maximum atomic E-state index is 14.2. The highest BCUT2D eigenvalue weighted by Gasteiger charge is 2.36. The van der Waals surface area contributed by atoms with E-state index in [9.17, 15) is 14.7 Å². The van der Waals surface area contributed by atoms with Gasteiger partial charge in [0.2, 0.25) is 0 Å². The Bertz CT molecular complexity index is 1220. The van der Waals surface area contributed by atoms with E-state index in [0.29, 0.717) is 23.3 Å². The van der Waals surface area contributed by atoms with E-state index in [2.05, 4.69) is 23.9 Å². The molecule has 4 rings (SSSR count). The van der Waals surface area contributed by atoms with Gasteiger partial charge in [-0.25, -0.2) is 4.98 Å². The Labute approximate surface area is 238 Å².